The van der Waals surface area contributed by atoms with Gasteiger partial charge in [0.2, 0.25) is 0 Å². The average molecular weight is 478 g/mol. The van der Waals surface area contributed by atoms with E-state index in [1.54, 1.807) is 25.7 Å². The highest BCUT2D eigenvalue weighted by atomic mass is 32.1. The lowest BCUT2D eigenvalue weighted by molar-refractivity contribution is 0.00460. The number of aliphatic hydroxyl groups excluding tert-OH is 1. The lowest BCUT2D eigenvalue weighted by Crippen LogP contribution is -2.51. The molecule has 0 bridgehead atoms. The molecule has 180 valence electrons. The Morgan fingerprint density at radius 3 is 2.67 bits per heavy atom. The van der Waals surface area contributed by atoms with Crippen molar-refractivity contribution in [1.82, 2.24) is 14.5 Å². The van der Waals surface area contributed by atoms with Gasteiger partial charge in [0, 0.05) is 36.7 Å². The fourth-order valence-corrected chi connectivity index (χ4v) is 5.27. The first-order chi connectivity index (χ1) is 15.5. The molecule has 0 spiro atoms. The third-order valence-corrected chi connectivity index (χ3v) is 6.82. The minimum absolute atomic E-state index is 0.0249. The number of carbonyl (C=O) groups excluding carboxylic acids is 1. The summed E-state index contributed by atoms with van der Waals surface area (Å²) in [7, 11) is 0. The monoisotopic (exact) mass is 477 g/mol. The van der Waals surface area contributed by atoms with Crippen molar-refractivity contribution >= 4 is 23.4 Å². The molecule has 1 aliphatic rings. The van der Waals surface area contributed by atoms with Crippen LogP contribution < -0.4 is 5.56 Å². The van der Waals surface area contributed by atoms with E-state index in [-0.39, 0.29) is 17.7 Å². The summed E-state index contributed by atoms with van der Waals surface area (Å²) >= 11 is 1.37. The smallest absolute Gasteiger partial charge is 0.410 e. The second kappa shape index (κ2) is 10.0. The van der Waals surface area contributed by atoms with Crippen LogP contribution in [0.2, 0.25) is 0 Å². The molecular formula is C23H31N3O6S. The molecule has 0 unspecified atom stereocenters. The van der Waals surface area contributed by atoms with Crippen LogP contribution in [-0.2, 0) is 11.2 Å². The van der Waals surface area contributed by atoms with Crippen molar-refractivity contribution in [3.05, 3.63) is 49.8 Å². The minimum Gasteiger partial charge on any atom is -0.478 e. The number of likely N-dealkylation sites (tertiary alicyclic amines) is 1. The Morgan fingerprint density at radius 2 is 2.03 bits per heavy atom. The largest absolute Gasteiger partial charge is 0.478 e. The number of amides is 1. The first-order valence-corrected chi connectivity index (χ1v) is 11.9. The predicted octanol–water partition coefficient (Wildman–Crippen LogP) is 3.23. The van der Waals surface area contributed by atoms with Crippen LogP contribution in [0.1, 0.15) is 72.0 Å². The van der Waals surface area contributed by atoms with Gasteiger partial charge in [-0.3, -0.25) is 4.79 Å². The van der Waals surface area contributed by atoms with Gasteiger partial charge in [0.15, 0.2) is 0 Å². The first-order valence-electron chi connectivity index (χ1n) is 11.0. The van der Waals surface area contributed by atoms with E-state index in [0.29, 0.717) is 24.4 Å². The van der Waals surface area contributed by atoms with Gasteiger partial charge in [-0.2, -0.15) is 0 Å². The summed E-state index contributed by atoms with van der Waals surface area (Å²) in [6.07, 6.45) is 3.55. The Hall–Kier alpha value is -2.72. The quantitative estimate of drug-likeness (QED) is 0.655. The van der Waals surface area contributed by atoms with E-state index in [2.05, 4.69) is 4.98 Å². The van der Waals surface area contributed by atoms with Gasteiger partial charge >= 0.3 is 12.1 Å². The Balaban J connectivity index is 2.15. The molecule has 1 aliphatic heterocycles. The summed E-state index contributed by atoms with van der Waals surface area (Å²) < 4.78 is 7.02. The summed E-state index contributed by atoms with van der Waals surface area (Å²) in [5, 5.41) is 19.5. The van der Waals surface area contributed by atoms with Crippen LogP contribution in [0.4, 0.5) is 4.79 Å². The number of hydrogen-bond donors (Lipinski definition) is 2. The normalized spacial score (nSPS) is 17.6. The third-order valence-electron chi connectivity index (χ3n) is 5.53. The molecule has 0 aliphatic carbocycles. The van der Waals surface area contributed by atoms with Crippen LogP contribution >= 0.6 is 11.3 Å². The van der Waals surface area contributed by atoms with E-state index in [1.807, 2.05) is 6.92 Å². The van der Waals surface area contributed by atoms with E-state index < -0.39 is 29.7 Å². The third kappa shape index (κ3) is 5.80. The second-order valence-corrected chi connectivity index (χ2v) is 10.3. The molecule has 2 aromatic rings. The van der Waals surface area contributed by atoms with Crippen molar-refractivity contribution in [1.29, 1.82) is 0 Å². The number of aliphatic hydroxyl groups is 1. The Labute approximate surface area is 196 Å². The van der Waals surface area contributed by atoms with Crippen LogP contribution in [-0.4, -0.2) is 61.5 Å². The topological polar surface area (TPSA) is 122 Å². The molecule has 3 heterocycles. The minimum atomic E-state index is -1.15. The number of ether oxygens (including phenoxy) is 1. The van der Waals surface area contributed by atoms with Crippen molar-refractivity contribution in [2.24, 2.45) is 0 Å². The maximum Gasteiger partial charge on any atom is 0.410 e. The molecular weight excluding hydrogens is 446 g/mol. The summed E-state index contributed by atoms with van der Waals surface area (Å²) in [4.78, 5) is 44.9. The van der Waals surface area contributed by atoms with E-state index in [1.165, 1.54) is 34.2 Å². The molecule has 0 aromatic carbocycles. The van der Waals surface area contributed by atoms with E-state index in [9.17, 15) is 24.6 Å². The van der Waals surface area contributed by atoms with Crippen molar-refractivity contribution in [3.63, 3.8) is 0 Å². The number of hydrogen-bond acceptors (Lipinski definition) is 7. The zero-order chi connectivity index (χ0) is 24.3. The fraction of sp³-hybridized carbons (Fsp3) is 0.565. The number of carboxylic acid groups (broad SMARTS) is 1. The molecule has 0 saturated carbocycles. The Morgan fingerprint density at radius 1 is 1.30 bits per heavy atom. The molecule has 2 N–H and O–H groups in total. The lowest BCUT2D eigenvalue weighted by atomic mass is 9.95. The highest BCUT2D eigenvalue weighted by Gasteiger charge is 2.39. The molecule has 0 radical (unpaired) electrons. The molecule has 2 aromatic heterocycles. The number of thiazole rings is 1. The number of aromatic carboxylic acids is 1. The van der Waals surface area contributed by atoms with Gasteiger partial charge < -0.3 is 24.4 Å². The van der Waals surface area contributed by atoms with Crippen molar-refractivity contribution in [2.45, 2.75) is 71.1 Å². The van der Waals surface area contributed by atoms with Gasteiger partial charge in [0.05, 0.1) is 17.3 Å². The zero-order valence-electron chi connectivity index (χ0n) is 19.4. The Kier molecular flexibility index (Phi) is 7.58. The molecule has 33 heavy (non-hydrogen) atoms. The van der Waals surface area contributed by atoms with Gasteiger partial charge in [-0.1, -0.05) is 0 Å². The number of aryl methyl sites for hydroxylation is 1. The highest BCUT2D eigenvalue weighted by molar-refractivity contribution is 7.11. The van der Waals surface area contributed by atoms with Gasteiger partial charge in [-0.25, -0.2) is 14.6 Å². The SMILES string of the molecule is Cc1nc([C@H]([C@@H]2CCCCN2C(=O)OC(C)(C)C)n2cc(C(=O)O)ccc2=O)sc1CCO. The highest BCUT2D eigenvalue weighted by Crippen LogP contribution is 2.35. The van der Waals surface area contributed by atoms with Gasteiger partial charge in [-0.05, 0) is 53.0 Å². The van der Waals surface area contributed by atoms with Crippen molar-refractivity contribution in [3.8, 4) is 0 Å². The molecule has 9 nitrogen and oxygen atoms in total. The van der Waals surface area contributed by atoms with Crippen molar-refractivity contribution in [2.75, 3.05) is 13.2 Å². The molecule has 1 fully saturated rings. The average Bonchev–Trinajstić information content (AvgIpc) is 3.08. The molecule has 3 rings (SSSR count). The maximum atomic E-state index is 13.1. The van der Waals surface area contributed by atoms with Gasteiger partial charge in [0.1, 0.15) is 16.7 Å². The lowest BCUT2D eigenvalue weighted by Gasteiger charge is -2.40. The number of carboxylic acids is 1. The Bertz CT molecular complexity index is 1070. The predicted molar refractivity (Wildman–Crippen MR) is 124 cm³/mol. The van der Waals surface area contributed by atoms with Crippen LogP contribution in [0, 0.1) is 6.92 Å². The van der Waals surface area contributed by atoms with Gasteiger partial charge in [0.25, 0.3) is 5.56 Å². The van der Waals surface area contributed by atoms with Crippen LogP contribution in [0.5, 0.6) is 0 Å². The molecule has 10 heteroatoms. The number of piperidine rings is 1. The van der Waals surface area contributed by atoms with Crippen LogP contribution in [0.25, 0.3) is 0 Å². The zero-order valence-corrected chi connectivity index (χ0v) is 20.2. The summed E-state index contributed by atoms with van der Waals surface area (Å²) in [5.41, 5.74) is -0.337. The number of pyridine rings is 1. The second-order valence-electron chi connectivity index (χ2n) is 9.18. The number of rotatable bonds is 6. The van der Waals surface area contributed by atoms with Crippen molar-refractivity contribution < 1.29 is 24.5 Å². The number of aromatic nitrogens is 2. The van der Waals surface area contributed by atoms with Crippen LogP contribution in [0.3, 0.4) is 0 Å². The number of nitrogens with zero attached hydrogens (tertiary/aromatic N) is 3. The molecule has 1 amide bonds. The van der Waals surface area contributed by atoms with E-state index in [0.717, 1.165) is 23.4 Å². The van der Waals surface area contributed by atoms with Gasteiger partial charge in [-0.15, -0.1) is 11.3 Å². The fourth-order valence-electron chi connectivity index (χ4n) is 4.06. The summed E-state index contributed by atoms with van der Waals surface area (Å²) in [6, 6.07) is 1.38. The standard InChI is InChI=1S/C23H31N3O6S/c1-14-17(10-12-27)33-20(24-14)19(26-13-15(21(29)30)8-9-18(26)28)16-7-5-6-11-25(16)22(31)32-23(2,3)4/h8-9,13,16,19,27H,5-7,10-12H2,1-4H3,(H,29,30)/t16-,19-/m0/s1. The summed E-state index contributed by atoms with van der Waals surface area (Å²) in [6.45, 7) is 7.67. The molecule has 2 atom stereocenters. The summed E-state index contributed by atoms with van der Waals surface area (Å²) in [5.74, 6) is -1.15. The molecule has 1 saturated heterocycles. The van der Waals surface area contributed by atoms with E-state index >= 15 is 0 Å². The number of carbonyl (C=O) groups is 2. The van der Waals surface area contributed by atoms with E-state index in [4.69, 9.17) is 4.74 Å². The maximum absolute atomic E-state index is 13.1. The first kappa shape index (κ1) is 24.9. The van der Waals surface area contributed by atoms with Crippen LogP contribution in [0.15, 0.2) is 23.1 Å².